The molecular formula is C119H178N6O18. The molecule has 15 unspecified atom stereocenters. The predicted octanol–water partition coefficient (Wildman–Crippen LogP) is 22.2. The van der Waals surface area contributed by atoms with Crippen LogP contribution in [0.3, 0.4) is 0 Å². The minimum atomic E-state index is -3.69. The van der Waals surface area contributed by atoms with Crippen LogP contribution in [0.4, 0.5) is 0 Å². The summed E-state index contributed by atoms with van der Waals surface area (Å²) in [5.74, 6) is -27.5. The summed E-state index contributed by atoms with van der Waals surface area (Å²) in [5, 5.41) is 10.2. The maximum atomic E-state index is 13.7. The Morgan fingerprint density at radius 3 is 0.944 bits per heavy atom. The average molecular weight is 2030 g/mol. The van der Waals surface area contributed by atoms with E-state index in [1.165, 1.54) is 88.0 Å². The molecule has 0 aliphatic carbocycles. The zero-order valence-electron chi connectivity index (χ0n) is 134. The van der Waals surface area contributed by atoms with Crippen LogP contribution < -0.4 is 52.1 Å². The molecule has 143 heavy (non-hydrogen) atoms. The smallest absolute Gasteiger partial charge is 0.161 e. The maximum Gasteiger partial charge on any atom is 0.161 e. The topological polar surface area (TPSA) is 244 Å². The van der Waals surface area contributed by atoms with E-state index < -0.39 is 234 Å². The fraction of sp³-hybridized carbons (Fsp3) is 0.647. The monoisotopic (exact) mass is 2030 g/mol. The van der Waals surface area contributed by atoms with Gasteiger partial charge in [0.2, 0.25) is 0 Å². The van der Waals surface area contributed by atoms with Crippen LogP contribution in [0.1, 0.15) is 374 Å². The van der Waals surface area contributed by atoms with Crippen LogP contribution in [-0.2, 0) is 67.3 Å². The van der Waals surface area contributed by atoms with E-state index in [0.29, 0.717) is 98.1 Å². The van der Waals surface area contributed by atoms with Gasteiger partial charge in [0.25, 0.3) is 0 Å². The third-order valence-corrected chi connectivity index (χ3v) is 26.0. The first-order chi connectivity index (χ1) is 87.1. The van der Waals surface area contributed by atoms with Gasteiger partial charge in [-0.1, -0.05) is 124 Å². The lowest BCUT2D eigenvalue weighted by Crippen LogP contribution is -2.46. The normalized spacial score (nSPS) is 34.6. The molecule has 0 bridgehead atoms. The fourth-order valence-electron chi connectivity index (χ4n) is 19.0. The number of rotatable bonds is 26. The number of nitrogens with zero attached hydrogens (tertiary/aromatic N) is 6. The molecule has 12 aliphatic heterocycles. The van der Waals surface area contributed by atoms with E-state index in [4.69, 9.17) is 122 Å². The number of carbonyl (C=O) groups is 6. The van der Waals surface area contributed by atoms with Crippen LogP contribution in [-0.4, -0.2) is 226 Å². The van der Waals surface area contributed by atoms with E-state index in [1.54, 1.807) is 28.5 Å². The summed E-state index contributed by atoms with van der Waals surface area (Å²) in [7, 11) is 14.7. The molecule has 0 spiro atoms. The van der Waals surface area contributed by atoms with Crippen molar-refractivity contribution in [1.82, 2.24) is 29.4 Å². The molecule has 24 nitrogen and oxygen atoms in total. The zero-order chi connectivity index (χ0) is 146. The first kappa shape index (κ1) is 62.8. The second-order valence-corrected chi connectivity index (χ2v) is 36.4. The number of fused-ring (bicyclic) bond motifs is 18. The number of carbonyl (C=O) groups excluding carboxylic acids is 6. The van der Waals surface area contributed by atoms with Crippen molar-refractivity contribution >= 4 is 34.7 Å². The number of ether oxygens (including phenoxy) is 11. The molecule has 0 radical (unpaired) electrons. The SMILES string of the molecule is C.C.C.[2H]c1c(O)c(OC)c([2H])c2c1CCN1C2CC(=O)C(C([2H])([2H])C([2H])(C([2H])([2H])[2H])C([2H])([2H])C)C1([2H])[2H].[2H]c1c2c(c([2H])c(OC)c1OC)C1CC(=O)C(C([2H])([2H])C([2H])(C([2H])([2H])[2H])C([2H])([2H])C)CN1CC2.[2H]c1c2c(c([2H])c(OC)c1OC)C1CC(=O)C(CC(C)C)C([2H])([2H])N1CC2.[2H]c1c2c(c([2H])c(OC)c1OC)C1N(CC2)C([2H])([2H])C([2H])(CC(C)C)C(=O)C1([2H])[2H].[2H]c1c2c(c([2H])c(OC)c1OC)C1N(CC2)CC([2H])(C([2H])([2H])C([2H])(C([2H])([2H])[2H])C([2H])([2H])C)C(=O)C1([2H])[2H].[2H]c1c2c(c([2H])c(OC)c1OC)C1N(CC2)CC([2H])(CC(C)C)C(=O)C1([2H])[2H]. The van der Waals surface area contributed by atoms with Crippen LogP contribution in [0.25, 0.3) is 0 Å². The molecule has 6 aromatic carbocycles. The van der Waals surface area contributed by atoms with Gasteiger partial charge in [0.1, 0.15) is 34.7 Å². The second-order valence-electron chi connectivity index (χ2n) is 36.4. The Morgan fingerprint density at radius 2 is 0.587 bits per heavy atom. The minimum absolute atomic E-state index is 0. The molecule has 1 N–H and O–H groups in total. The molecule has 6 aromatic rings. The third kappa shape index (κ3) is 27.2. The van der Waals surface area contributed by atoms with Gasteiger partial charge in [0, 0.05) is 242 Å². The Hall–Kier alpha value is -9.30. The zero-order valence-corrected chi connectivity index (χ0v) is 83.3. The first-order valence-corrected chi connectivity index (χ1v) is 46.9. The summed E-state index contributed by atoms with van der Waals surface area (Å²) in [6.45, 7) is -4.08. The van der Waals surface area contributed by atoms with Crippen molar-refractivity contribution in [2.24, 2.45) is 70.9 Å². The molecule has 18 rings (SSSR count). The Morgan fingerprint density at radius 1 is 0.329 bits per heavy atom. The first-order valence-electron chi connectivity index (χ1n) is 72.4. The summed E-state index contributed by atoms with van der Waals surface area (Å²) < 4.78 is 485. The predicted molar refractivity (Wildman–Crippen MR) is 570 cm³/mol. The van der Waals surface area contributed by atoms with Gasteiger partial charge >= 0.3 is 0 Å². The molecule has 12 heterocycles. The third-order valence-electron chi connectivity index (χ3n) is 26.0. The number of aromatic hydroxyl groups is 1. The molecule has 0 aromatic heterocycles. The lowest BCUT2D eigenvalue weighted by molar-refractivity contribution is -0.130. The van der Waals surface area contributed by atoms with E-state index in [2.05, 4.69) is 0 Å². The summed E-state index contributed by atoms with van der Waals surface area (Å²) in [6, 6.07) is -7.52. The Labute approximate surface area is 929 Å². The van der Waals surface area contributed by atoms with Gasteiger partial charge in [0.15, 0.2) is 69.0 Å². The average Bonchev–Trinajstić information content (AvgIpc) is 0.678. The van der Waals surface area contributed by atoms with Gasteiger partial charge in [-0.25, -0.2) is 0 Å². The van der Waals surface area contributed by atoms with Crippen molar-refractivity contribution in [3.05, 3.63) is 139 Å². The summed E-state index contributed by atoms with van der Waals surface area (Å²) in [5.41, 5.74) is 3.82. The number of Topliss-reactive ketones (excluding diaryl/α,β-unsaturated/α-hetero) is 6. The summed E-state index contributed by atoms with van der Waals surface area (Å²) in [4.78, 5) is 88.3. The van der Waals surface area contributed by atoms with E-state index >= 15 is 0 Å². The van der Waals surface area contributed by atoms with Crippen molar-refractivity contribution in [3.63, 3.8) is 0 Å². The van der Waals surface area contributed by atoms with Gasteiger partial charge in [-0.3, -0.25) is 58.2 Å². The van der Waals surface area contributed by atoms with Gasteiger partial charge in [-0.2, -0.15) is 0 Å². The minimum Gasteiger partial charge on any atom is -0.504 e. The van der Waals surface area contributed by atoms with Crippen molar-refractivity contribution in [2.75, 3.05) is 157 Å². The molecule has 0 amide bonds. The van der Waals surface area contributed by atoms with E-state index in [0.717, 1.165) is 11.8 Å². The fourth-order valence-corrected chi connectivity index (χ4v) is 19.0. The van der Waals surface area contributed by atoms with Crippen molar-refractivity contribution in [2.45, 2.75) is 276 Å². The summed E-state index contributed by atoms with van der Waals surface area (Å²) in [6.07, 6.45) is -25.7. The van der Waals surface area contributed by atoms with Crippen LogP contribution in [0, 0.1) is 70.9 Å². The van der Waals surface area contributed by atoms with Gasteiger partial charge < -0.3 is 57.2 Å². The second kappa shape index (κ2) is 52.8. The number of phenols is 1. The summed E-state index contributed by atoms with van der Waals surface area (Å²) >= 11 is 0. The molecule has 15 atom stereocenters. The number of benzene rings is 6. The molecule has 6 saturated heterocycles. The Bertz CT molecular complexity index is 7910. The van der Waals surface area contributed by atoms with Crippen LogP contribution >= 0.6 is 0 Å². The van der Waals surface area contributed by atoms with Gasteiger partial charge in [-0.15, -0.1) is 0 Å². The number of hydrogen-bond acceptors (Lipinski definition) is 24. The number of hydrogen-bond donors (Lipinski definition) is 1. The highest BCUT2D eigenvalue weighted by Crippen LogP contribution is 2.51. The number of piperidine rings is 6. The molecule has 792 valence electrons. The van der Waals surface area contributed by atoms with Crippen molar-refractivity contribution in [1.29, 1.82) is 0 Å². The van der Waals surface area contributed by atoms with E-state index in [1.807, 2.05) is 27.7 Å². The largest absolute Gasteiger partial charge is 0.504 e. The maximum absolute atomic E-state index is 13.7. The quantitative estimate of drug-likeness (QED) is 0.0530. The number of ketones is 6. The Balaban J connectivity index is 0.000000232. The standard InChI is InChI=1S/2C20H29NO3.4C19H27NO3.3CH4/c2*1-5-13(2)8-15-12-21-7-6-14-9-19(23-3)20(24-4)10-16(14)17(21)11-18(15)22;3*1-12(2)7-14-11-20-6-5-13-8-18(22-3)19(23-4)9-15(13)16(20)10-17(14)21;1-4-12(2)7-14-11-20-6-5-13-8-18(22)19(23-3)9-15(13)16(20)10-17(14)21;;;/h2*9-10,13,15,17H,5-8,11-12H2,1-4H3;3*8-9,12,14,16H,5-7,10-11H2,1-4H3;8-9,12,14,16,22H,4-7,10-11H2,1-3H3;3*1H4/i2D3,5D2,8D2,9D,10D,11D2,13D,15D;2D3,5D2,8D2,9D,10D,13D;8D,9D,10D2,11D2,14D;8D,9D,10D2,14D;8D,9D,11D2;2D3,4D2,7D2,8D,9D,11D2,12D;;;. The van der Waals surface area contributed by atoms with Crippen molar-refractivity contribution < 1.29 is 156 Å². The molecule has 6 fully saturated rings. The molecule has 24 heteroatoms. The van der Waals surface area contributed by atoms with Gasteiger partial charge in [0.05, 0.1) is 94.7 Å². The van der Waals surface area contributed by atoms with Crippen molar-refractivity contribution in [3.8, 4) is 69.0 Å². The highest BCUT2D eigenvalue weighted by atomic mass is 16.5. The number of methoxy groups -OCH3 is 11. The molecule has 12 aliphatic rings. The van der Waals surface area contributed by atoms with Gasteiger partial charge in [-0.05, 0) is 252 Å². The van der Waals surface area contributed by atoms with E-state index in [9.17, 15) is 33.9 Å². The molecular weight excluding hydrogens is 1800 g/mol. The number of phenolic OH excluding ortho intramolecular Hbond substituents is 1. The van der Waals surface area contributed by atoms with Crippen LogP contribution in [0.5, 0.6) is 69.0 Å². The van der Waals surface area contributed by atoms with E-state index in [-0.39, 0.29) is 287 Å². The highest BCUT2D eigenvalue weighted by molar-refractivity contribution is 5.86. The Kier molecular flexibility index (Phi) is 23.2. The lowest BCUT2D eigenvalue weighted by atomic mass is 9.79. The van der Waals surface area contributed by atoms with Crippen LogP contribution in [0.2, 0.25) is 0 Å². The van der Waals surface area contributed by atoms with Crippen LogP contribution in [0.15, 0.2) is 72.5 Å². The highest BCUT2D eigenvalue weighted by Gasteiger charge is 2.47. The molecule has 0 saturated carbocycles. The lowest BCUT2D eigenvalue weighted by Gasteiger charge is -2.43.